The lowest BCUT2D eigenvalue weighted by Crippen LogP contribution is -2.32. The van der Waals surface area contributed by atoms with Crippen LogP contribution in [0.5, 0.6) is 0 Å². The molecule has 0 aromatic heterocycles. The highest BCUT2D eigenvalue weighted by molar-refractivity contribution is 8.00. The summed E-state index contributed by atoms with van der Waals surface area (Å²) in [5.41, 5.74) is 6.27. The largest absolute Gasteiger partial charge is 0.402 e. The van der Waals surface area contributed by atoms with Gasteiger partial charge in [0.25, 0.3) is 0 Å². The number of thioether (sulfide) groups is 1. The van der Waals surface area contributed by atoms with Gasteiger partial charge in [0.15, 0.2) is 0 Å². The van der Waals surface area contributed by atoms with Crippen molar-refractivity contribution in [1.29, 1.82) is 0 Å². The molecule has 0 aliphatic rings. The molecule has 0 aliphatic carbocycles. The van der Waals surface area contributed by atoms with Crippen LogP contribution in [-0.4, -0.2) is 18.0 Å². The molecule has 0 saturated heterocycles. The topological polar surface area (TPSA) is 26.0 Å². The van der Waals surface area contributed by atoms with Crippen molar-refractivity contribution in [3.8, 4) is 0 Å². The van der Waals surface area contributed by atoms with E-state index < -0.39 is 18.0 Å². The fourth-order valence-corrected chi connectivity index (χ4v) is 2.30. The highest BCUT2D eigenvalue weighted by atomic mass is 32.2. The lowest BCUT2D eigenvalue weighted by molar-refractivity contribution is -0.126. The molecule has 0 bridgehead atoms. The van der Waals surface area contributed by atoms with E-state index in [2.05, 4.69) is 20.8 Å². The Morgan fingerprint density at radius 1 is 1.11 bits per heavy atom. The highest BCUT2D eigenvalue weighted by Crippen LogP contribution is 2.35. The van der Waals surface area contributed by atoms with Crippen LogP contribution < -0.4 is 5.73 Å². The summed E-state index contributed by atoms with van der Waals surface area (Å²) in [6.45, 7) is 5.78. The lowest BCUT2D eigenvalue weighted by Gasteiger charge is -2.21. The quantitative estimate of drug-likeness (QED) is 0.846. The Bertz CT molecular complexity index is 379. The van der Waals surface area contributed by atoms with Crippen LogP contribution in [0, 0.1) is 0 Å². The van der Waals surface area contributed by atoms with Crippen LogP contribution in [0.25, 0.3) is 0 Å². The number of alkyl halides is 3. The maximum absolute atomic E-state index is 12.6. The van der Waals surface area contributed by atoms with Crippen LogP contribution in [0.15, 0.2) is 29.2 Å². The third-order valence-electron chi connectivity index (χ3n) is 2.58. The van der Waals surface area contributed by atoms with Gasteiger partial charge >= 0.3 is 6.18 Å². The Morgan fingerprint density at radius 2 is 1.61 bits per heavy atom. The van der Waals surface area contributed by atoms with E-state index in [9.17, 15) is 13.2 Å². The number of hydrogen-bond donors (Lipinski definition) is 1. The summed E-state index contributed by atoms with van der Waals surface area (Å²) >= 11 is 0.765. The van der Waals surface area contributed by atoms with Crippen molar-refractivity contribution in [3.05, 3.63) is 29.8 Å². The predicted molar refractivity (Wildman–Crippen MR) is 69.9 cm³/mol. The molecule has 1 aromatic rings. The summed E-state index contributed by atoms with van der Waals surface area (Å²) in [4.78, 5) is 0.593. The predicted octanol–water partition coefficient (Wildman–Crippen LogP) is 3.97. The van der Waals surface area contributed by atoms with E-state index >= 15 is 0 Å². The van der Waals surface area contributed by atoms with E-state index in [0.717, 1.165) is 17.3 Å². The van der Waals surface area contributed by atoms with Crippen LogP contribution in [0.3, 0.4) is 0 Å². The maximum atomic E-state index is 12.6. The van der Waals surface area contributed by atoms with Gasteiger partial charge in [0.2, 0.25) is 0 Å². The smallest absolute Gasteiger partial charge is 0.329 e. The standard InChI is InChI=1S/C13H18F3NS/c1-12(2,3)9-4-6-10(7-5-9)18-11(8-17)13(14,15)16/h4-7,11H,8,17H2,1-3H3. The normalized spacial score (nSPS) is 14.6. The highest BCUT2D eigenvalue weighted by Gasteiger charge is 2.39. The van der Waals surface area contributed by atoms with Crippen molar-refractivity contribution in [2.75, 3.05) is 6.54 Å². The van der Waals surface area contributed by atoms with Crippen molar-refractivity contribution in [2.45, 2.75) is 42.5 Å². The van der Waals surface area contributed by atoms with Crippen LogP contribution in [0.1, 0.15) is 26.3 Å². The number of halogens is 3. The number of hydrogen-bond acceptors (Lipinski definition) is 2. The number of benzene rings is 1. The first-order valence-electron chi connectivity index (χ1n) is 5.68. The summed E-state index contributed by atoms with van der Waals surface area (Å²) in [7, 11) is 0. The van der Waals surface area contributed by atoms with Crippen LogP contribution in [-0.2, 0) is 5.41 Å². The van der Waals surface area contributed by atoms with Gasteiger partial charge < -0.3 is 5.73 Å². The second-order valence-electron chi connectivity index (χ2n) is 5.16. The lowest BCUT2D eigenvalue weighted by atomic mass is 9.87. The molecular weight excluding hydrogens is 259 g/mol. The summed E-state index contributed by atoms with van der Waals surface area (Å²) in [5, 5.41) is -1.54. The first-order valence-corrected chi connectivity index (χ1v) is 6.56. The number of rotatable bonds is 3. The second kappa shape index (κ2) is 5.53. The molecule has 0 radical (unpaired) electrons. The molecule has 0 amide bonds. The molecule has 5 heteroatoms. The van der Waals surface area contributed by atoms with Gasteiger partial charge in [-0.25, -0.2) is 0 Å². The third-order valence-corrected chi connectivity index (χ3v) is 3.87. The SMILES string of the molecule is CC(C)(C)c1ccc(SC(CN)C(F)(F)F)cc1. The molecular formula is C13H18F3NS. The molecule has 0 aliphatic heterocycles. The molecule has 102 valence electrons. The first kappa shape index (κ1) is 15.4. The zero-order chi connectivity index (χ0) is 14.0. The molecule has 0 saturated carbocycles. The Labute approximate surface area is 110 Å². The van der Waals surface area contributed by atoms with Crippen molar-refractivity contribution in [3.63, 3.8) is 0 Å². The molecule has 0 spiro atoms. The molecule has 1 aromatic carbocycles. The van der Waals surface area contributed by atoms with Crippen LogP contribution in [0.2, 0.25) is 0 Å². The molecule has 0 fully saturated rings. The van der Waals surface area contributed by atoms with Gasteiger partial charge in [-0.15, -0.1) is 11.8 Å². The second-order valence-corrected chi connectivity index (χ2v) is 6.43. The van der Waals surface area contributed by atoms with Crippen molar-refractivity contribution in [2.24, 2.45) is 5.73 Å². The van der Waals surface area contributed by atoms with Gasteiger partial charge in [0.05, 0.1) is 0 Å². The fourth-order valence-electron chi connectivity index (χ4n) is 1.45. The third kappa shape index (κ3) is 4.21. The van der Waals surface area contributed by atoms with E-state index in [0.29, 0.717) is 4.90 Å². The summed E-state index contributed by atoms with van der Waals surface area (Å²) in [6, 6.07) is 7.18. The van der Waals surface area contributed by atoms with Crippen LogP contribution >= 0.6 is 11.8 Å². The Morgan fingerprint density at radius 3 is 1.94 bits per heavy atom. The van der Waals surface area contributed by atoms with Crippen molar-refractivity contribution < 1.29 is 13.2 Å². The summed E-state index contributed by atoms with van der Waals surface area (Å²) in [6.07, 6.45) is -4.26. The zero-order valence-corrected chi connectivity index (χ0v) is 11.5. The molecule has 0 heterocycles. The van der Waals surface area contributed by atoms with E-state index in [4.69, 9.17) is 5.73 Å². The summed E-state index contributed by atoms with van der Waals surface area (Å²) < 4.78 is 37.7. The van der Waals surface area contributed by atoms with E-state index in [1.165, 1.54) is 0 Å². The van der Waals surface area contributed by atoms with E-state index in [1.807, 2.05) is 12.1 Å². The van der Waals surface area contributed by atoms with Gasteiger partial charge in [-0.1, -0.05) is 32.9 Å². The molecule has 1 nitrogen and oxygen atoms in total. The fraction of sp³-hybridized carbons (Fsp3) is 0.538. The minimum absolute atomic E-state index is 0.000489. The van der Waals surface area contributed by atoms with Gasteiger partial charge in [-0.2, -0.15) is 13.2 Å². The molecule has 2 N–H and O–H groups in total. The van der Waals surface area contributed by atoms with Gasteiger partial charge in [0.1, 0.15) is 5.25 Å². The molecule has 18 heavy (non-hydrogen) atoms. The Balaban J connectivity index is 2.81. The first-order chi connectivity index (χ1) is 8.14. The Hall–Kier alpha value is -0.680. The Kier molecular flexibility index (Phi) is 4.72. The average Bonchev–Trinajstić information content (AvgIpc) is 2.23. The monoisotopic (exact) mass is 277 g/mol. The maximum Gasteiger partial charge on any atom is 0.402 e. The molecule has 1 rings (SSSR count). The van der Waals surface area contributed by atoms with Crippen molar-refractivity contribution >= 4 is 11.8 Å². The molecule has 1 unspecified atom stereocenters. The minimum atomic E-state index is -4.26. The average molecular weight is 277 g/mol. The zero-order valence-electron chi connectivity index (χ0n) is 10.7. The van der Waals surface area contributed by atoms with Gasteiger partial charge in [-0.05, 0) is 23.1 Å². The van der Waals surface area contributed by atoms with E-state index in [1.54, 1.807) is 12.1 Å². The molecule has 1 atom stereocenters. The van der Waals surface area contributed by atoms with Crippen molar-refractivity contribution in [1.82, 2.24) is 0 Å². The number of nitrogens with two attached hydrogens (primary N) is 1. The summed E-state index contributed by atoms with van der Waals surface area (Å²) in [5.74, 6) is 0. The van der Waals surface area contributed by atoms with Crippen LogP contribution in [0.4, 0.5) is 13.2 Å². The van der Waals surface area contributed by atoms with Gasteiger partial charge in [0, 0.05) is 11.4 Å². The van der Waals surface area contributed by atoms with E-state index in [-0.39, 0.29) is 5.41 Å². The van der Waals surface area contributed by atoms with Gasteiger partial charge in [-0.3, -0.25) is 0 Å². The minimum Gasteiger partial charge on any atom is -0.329 e.